The van der Waals surface area contributed by atoms with Crippen LogP contribution in [0, 0.1) is 5.41 Å². The van der Waals surface area contributed by atoms with Crippen LogP contribution in [0.1, 0.15) is 17.5 Å². The maximum absolute atomic E-state index is 6.06. The Labute approximate surface area is 145 Å². The molecule has 5 heterocycles. The Morgan fingerprint density at radius 1 is 1.20 bits per heavy atom. The summed E-state index contributed by atoms with van der Waals surface area (Å²) in [6, 6.07) is 1.90. The van der Waals surface area contributed by atoms with Crippen LogP contribution in [-0.2, 0) is 17.7 Å². The van der Waals surface area contributed by atoms with Crippen LogP contribution in [0.15, 0.2) is 43.4 Å². The zero-order valence-corrected chi connectivity index (χ0v) is 14.0. The van der Waals surface area contributed by atoms with E-state index in [0.29, 0.717) is 5.41 Å². The smallest absolute Gasteiger partial charge is 0.159 e. The third-order valence-corrected chi connectivity index (χ3v) is 5.23. The van der Waals surface area contributed by atoms with Crippen LogP contribution in [0.5, 0.6) is 0 Å². The SMILES string of the molecule is c1cnc2c(CN3CC4(COC(Cc5cncnc5)C4)C3)cnn2c1. The molecular weight excluding hydrogens is 316 g/mol. The molecule has 7 nitrogen and oxygen atoms in total. The predicted molar refractivity (Wildman–Crippen MR) is 90.8 cm³/mol. The highest BCUT2D eigenvalue weighted by atomic mass is 16.5. The summed E-state index contributed by atoms with van der Waals surface area (Å²) in [6.45, 7) is 3.92. The fraction of sp³-hybridized carbons (Fsp3) is 0.444. The summed E-state index contributed by atoms with van der Waals surface area (Å²) in [5, 5.41) is 4.37. The largest absolute Gasteiger partial charge is 0.377 e. The van der Waals surface area contributed by atoms with Crippen molar-refractivity contribution < 1.29 is 4.74 Å². The van der Waals surface area contributed by atoms with E-state index in [9.17, 15) is 0 Å². The number of aromatic nitrogens is 5. The lowest BCUT2D eigenvalue weighted by Gasteiger charge is -2.47. The Kier molecular flexibility index (Phi) is 3.50. The first-order chi connectivity index (χ1) is 12.3. The van der Waals surface area contributed by atoms with Gasteiger partial charge in [-0.05, 0) is 18.1 Å². The van der Waals surface area contributed by atoms with Gasteiger partial charge in [0.1, 0.15) is 6.33 Å². The third kappa shape index (κ3) is 2.79. The van der Waals surface area contributed by atoms with E-state index in [1.54, 1.807) is 6.33 Å². The van der Waals surface area contributed by atoms with Gasteiger partial charge in [0.25, 0.3) is 0 Å². The van der Waals surface area contributed by atoms with E-state index in [2.05, 4.69) is 25.0 Å². The maximum Gasteiger partial charge on any atom is 0.159 e. The van der Waals surface area contributed by atoms with E-state index in [0.717, 1.165) is 50.3 Å². The molecule has 5 rings (SSSR count). The highest BCUT2D eigenvalue weighted by Gasteiger charge is 2.48. The molecule has 2 aliphatic rings. The second-order valence-electron chi connectivity index (χ2n) is 7.29. The number of rotatable bonds is 4. The monoisotopic (exact) mass is 336 g/mol. The number of likely N-dealkylation sites (tertiary alicyclic amines) is 1. The van der Waals surface area contributed by atoms with E-state index in [-0.39, 0.29) is 6.10 Å². The zero-order valence-electron chi connectivity index (χ0n) is 14.0. The molecule has 1 spiro atoms. The lowest BCUT2D eigenvalue weighted by molar-refractivity contribution is -0.0138. The van der Waals surface area contributed by atoms with Crippen molar-refractivity contribution in [2.45, 2.75) is 25.5 Å². The molecule has 0 bridgehead atoms. The average Bonchev–Trinajstić information content (AvgIpc) is 3.21. The molecule has 0 radical (unpaired) electrons. The summed E-state index contributed by atoms with van der Waals surface area (Å²) in [5.74, 6) is 0. The molecule has 0 amide bonds. The van der Waals surface area contributed by atoms with Gasteiger partial charge in [0.05, 0.1) is 18.9 Å². The summed E-state index contributed by atoms with van der Waals surface area (Å²) in [6.07, 6.45) is 13.3. The highest BCUT2D eigenvalue weighted by Crippen LogP contribution is 2.42. The second kappa shape index (κ2) is 5.86. The lowest BCUT2D eigenvalue weighted by atomic mass is 9.77. The molecule has 25 heavy (non-hydrogen) atoms. The molecule has 1 unspecified atom stereocenters. The van der Waals surface area contributed by atoms with Crippen molar-refractivity contribution >= 4 is 5.65 Å². The first-order valence-corrected chi connectivity index (χ1v) is 8.65. The fourth-order valence-corrected chi connectivity index (χ4v) is 4.19. The Balaban J connectivity index is 1.19. The molecule has 2 saturated heterocycles. The van der Waals surface area contributed by atoms with E-state index in [1.165, 1.54) is 5.56 Å². The van der Waals surface area contributed by atoms with E-state index < -0.39 is 0 Å². The van der Waals surface area contributed by atoms with Crippen molar-refractivity contribution in [2.24, 2.45) is 5.41 Å². The maximum atomic E-state index is 6.06. The van der Waals surface area contributed by atoms with Crippen LogP contribution < -0.4 is 0 Å². The molecule has 2 aliphatic heterocycles. The van der Waals surface area contributed by atoms with Crippen LogP contribution in [-0.4, -0.2) is 55.3 Å². The lowest BCUT2D eigenvalue weighted by Crippen LogP contribution is -2.56. The van der Waals surface area contributed by atoms with E-state index >= 15 is 0 Å². The second-order valence-corrected chi connectivity index (χ2v) is 7.29. The van der Waals surface area contributed by atoms with Crippen LogP contribution in [0.3, 0.4) is 0 Å². The Morgan fingerprint density at radius 2 is 2.08 bits per heavy atom. The molecule has 0 saturated carbocycles. The molecule has 128 valence electrons. The minimum atomic E-state index is 0.284. The molecule has 1 atom stereocenters. The molecule has 0 aromatic carbocycles. The van der Waals surface area contributed by atoms with E-state index in [4.69, 9.17) is 4.74 Å². The summed E-state index contributed by atoms with van der Waals surface area (Å²) >= 11 is 0. The van der Waals surface area contributed by atoms with Crippen molar-refractivity contribution in [3.63, 3.8) is 0 Å². The summed E-state index contributed by atoms with van der Waals surface area (Å²) < 4.78 is 7.89. The van der Waals surface area contributed by atoms with Crippen molar-refractivity contribution in [3.05, 3.63) is 54.5 Å². The van der Waals surface area contributed by atoms with Crippen molar-refractivity contribution in [1.29, 1.82) is 0 Å². The van der Waals surface area contributed by atoms with Gasteiger partial charge in [-0.25, -0.2) is 19.5 Å². The molecule has 0 N–H and O–H groups in total. The van der Waals surface area contributed by atoms with Crippen LogP contribution in [0.2, 0.25) is 0 Å². The quantitative estimate of drug-likeness (QED) is 0.716. The van der Waals surface area contributed by atoms with Gasteiger partial charge < -0.3 is 4.74 Å². The number of ether oxygens (including phenoxy) is 1. The van der Waals surface area contributed by atoms with Gasteiger partial charge in [0.2, 0.25) is 0 Å². The Bertz CT molecular complexity index is 873. The number of fused-ring (bicyclic) bond motifs is 1. The zero-order chi connectivity index (χ0) is 16.7. The molecule has 0 aliphatic carbocycles. The van der Waals surface area contributed by atoms with Crippen LogP contribution >= 0.6 is 0 Å². The van der Waals surface area contributed by atoms with Gasteiger partial charge in [-0.3, -0.25) is 4.90 Å². The van der Waals surface area contributed by atoms with Gasteiger partial charge in [-0.15, -0.1) is 0 Å². The standard InChI is InChI=1S/C18H20N6O/c1-2-21-17-15(8-22-24(17)3-1)9-23-10-18(11-23)5-16(25-12-18)4-14-6-19-13-20-7-14/h1-3,6-8,13,16H,4-5,9-12H2. The summed E-state index contributed by atoms with van der Waals surface area (Å²) in [7, 11) is 0. The van der Waals surface area contributed by atoms with Crippen molar-refractivity contribution in [2.75, 3.05) is 19.7 Å². The highest BCUT2D eigenvalue weighted by molar-refractivity contribution is 5.45. The van der Waals surface area contributed by atoms with Crippen molar-refractivity contribution in [1.82, 2.24) is 29.5 Å². The number of hydrogen-bond acceptors (Lipinski definition) is 6. The van der Waals surface area contributed by atoms with Gasteiger partial charge in [0, 0.05) is 61.8 Å². The normalized spacial score (nSPS) is 22.5. The van der Waals surface area contributed by atoms with Crippen LogP contribution in [0.4, 0.5) is 0 Å². The summed E-state index contributed by atoms with van der Waals surface area (Å²) in [4.78, 5) is 15.1. The molecule has 7 heteroatoms. The first kappa shape index (κ1) is 14.9. The van der Waals surface area contributed by atoms with Crippen LogP contribution in [0.25, 0.3) is 5.65 Å². The first-order valence-electron chi connectivity index (χ1n) is 8.65. The minimum Gasteiger partial charge on any atom is -0.377 e. The van der Waals surface area contributed by atoms with Gasteiger partial charge >= 0.3 is 0 Å². The van der Waals surface area contributed by atoms with E-state index in [1.807, 2.05) is 41.6 Å². The van der Waals surface area contributed by atoms with Gasteiger partial charge in [-0.2, -0.15) is 5.10 Å². The third-order valence-electron chi connectivity index (χ3n) is 5.23. The molecule has 3 aromatic rings. The van der Waals surface area contributed by atoms with Crippen molar-refractivity contribution in [3.8, 4) is 0 Å². The predicted octanol–water partition coefficient (Wildman–Crippen LogP) is 1.35. The minimum absolute atomic E-state index is 0.284. The van der Waals surface area contributed by atoms with Gasteiger partial charge in [0.15, 0.2) is 5.65 Å². The number of hydrogen-bond donors (Lipinski definition) is 0. The molecule has 3 aromatic heterocycles. The summed E-state index contributed by atoms with van der Waals surface area (Å²) in [5.41, 5.74) is 3.61. The molecular formula is C18H20N6O. The molecule has 2 fully saturated rings. The Morgan fingerprint density at radius 3 is 2.96 bits per heavy atom. The van der Waals surface area contributed by atoms with Gasteiger partial charge in [-0.1, -0.05) is 0 Å². The number of nitrogens with zero attached hydrogens (tertiary/aromatic N) is 6. The topological polar surface area (TPSA) is 68.4 Å². The average molecular weight is 336 g/mol. The fourth-order valence-electron chi connectivity index (χ4n) is 4.19. The Hall–Kier alpha value is -2.38.